The highest BCUT2D eigenvalue weighted by Gasteiger charge is 2.17. The number of rotatable bonds is 4. The molecule has 0 amide bonds. The average molecular weight is 373 g/mol. The van der Waals surface area contributed by atoms with Gasteiger partial charge >= 0.3 is 0 Å². The Bertz CT molecular complexity index is 613. The van der Waals surface area contributed by atoms with Crippen molar-refractivity contribution in [2.45, 2.75) is 19.9 Å². The molecule has 0 fully saturated rings. The molecule has 0 aliphatic carbocycles. The summed E-state index contributed by atoms with van der Waals surface area (Å²) in [4.78, 5) is 0. The van der Waals surface area contributed by atoms with Gasteiger partial charge in [-0.05, 0) is 42.3 Å². The first-order valence-electron chi connectivity index (χ1n) is 6.48. The number of halogens is 3. The van der Waals surface area contributed by atoms with E-state index >= 15 is 0 Å². The summed E-state index contributed by atoms with van der Waals surface area (Å²) in [6.45, 7) is 5.05. The van der Waals surface area contributed by atoms with Gasteiger partial charge in [0.1, 0.15) is 0 Å². The van der Waals surface area contributed by atoms with E-state index in [-0.39, 0.29) is 6.04 Å². The normalized spacial score (nSPS) is 12.4. The molecule has 0 radical (unpaired) electrons. The van der Waals surface area contributed by atoms with E-state index in [0.29, 0.717) is 10.0 Å². The standard InChI is InChI=1S/C16H16BrCl2N/c1-3-20-16(11-7-8-13(18)14(19)9-11)12-6-4-5-10(2)15(12)17/h4-9,16,20H,3H2,1-2H3. The second-order valence-corrected chi connectivity index (χ2v) is 6.25. The van der Waals surface area contributed by atoms with Gasteiger partial charge in [-0.2, -0.15) is 0 Å². The zero-order chi connectivity index (χ0) is 14.7. The first kappa shape index (κ1) is 15.8. The predicted octanol–water partition coefficient (Wildman–Crippen LogP) is 5.76. The predicted molar refractivity (Wildman–Crippen MR) is 90.9 cm³/mol. The van der Waals surface area contributed by atoms with Gasteiger partial charge in [0.15, 0.2) is 0 Å². The molecule has 2 rings (SSSR count). The first-order valence-corrected chi connectivity index (χ1v) is 8.02. The second-order valence-electron chi connectivity index (χ2n) is 4.64. The van der Waals surface area contributed by atoms with Crippen LogP contribution in [0.1, 0.15) is 29.7 Å². The zero-order valence-electron chi connectivity index (χ0n) is 11.4. The molecule has 1 N–H and O–H groups in total. The molecular weight excluding hydrogens is 357 g/mol. The van der Waals surface area contributed by atoms with Crippen LogP contribution in [0.25, 0.3) is 0 Å². The minimum absolute atomic E-state index is 0.0871. The van der Waals surface area contributed by atoms with Gasteiger partial charge in [0.2, 0.25) is 0 Å². The Hall–Kier alpha value is -0.540. The van der Waals surface area contributed by atoms with Crippen molar-refractivity contribution in [2.75, 3.05) is 6.54 Å². The fourth-order valence-electron chi connectivity index (χ4n) is 2.20. The topological polar surface area (TPSA) is 12.0 Å². The van der Waals surface area contributed by atoms with Gasteiger partial charge in [-0.15, -0.1) is 0 Å². The average Bonchev–Trinajstić information content (AvgIpc) is 2.43. The molecule has 0 saturated heterocycles. The third-order valence-electron chi connectivity index (χ3n) is 3.22. The lowest BCUT2D eigenvalue weighted by Gasteiger charge is -2.21. The van der Waals surface area contributed by atoms with Crippen molar-refractivity contribution < 1.29 is 0 Å². The summed E-state index contributed by atoms with van der Waals surface area (Å²) in [6, 6.07) is 12.1. The molecule has 0 spiro atoms. The van der Waals surface area contributed by atoms with E-state index in [9.17, 15) is 0 Å². The second kappa shape index (κ2) is 6.95. The molecule has 2 aromatic carbocycles. The molecule has 2 aromatic rings. The van der Waals surface area contributed by atoms with E-state index in [0.717, 1.165) is 16.6 Å². The van der Waals surface area contributed by atoms with Crippen LogP contribution in [0.15, 0.2) is 40.9 Å². The van der Waals surface area contributed by atoms with Crippen LogP contribution in [0.3, 0.4) is 0 Å². The monoisotopic (exact) mass is 371 g/mol. The fraction of sp³-hybridized carbons (Fsp3) is 0.250. The van der Waals surface area contributed by atoms with E-state index in [1.54, 1.807) is 0 Å². The number of aryl methyl sites for hydroxylation is 1. The Morgan fingerprint density at radius 1 is 1.15 bits per heavy atom. The minimum Gasteiger partial charge on any atom is -0.306 e. The maximum Gasteiger partial charge on any atom is 0.0595 e. The highest BCUT2D eigenvalue weighted by molar-refractivity contribution is 9.10. The largest absolute Gasteiger partial charge is 0.306 e. The summed E-state index contributed by atoms with van der Waals surface area (Å²) < 4.78 is 1.12. The van der Waals surface area contributed by atoms with E-state index in [4.69, 9.17) is 23.2 Å². The highest BCUT2D eigenvalue weighted by Crippen LogP contribution is 2.33. The smallest absolute Gasteiger partial charge is 0.0595 e. The maximum absolute atomic E-state index is 6.15. The van der Waals surface area contributed by atoms with Gasteiger partial charge in [-0.25, -0.2) is 0 Å². The van der Waals surface area contributed by atoms with Gasteiger partial charge in [0.05, 0.1) is 16.1 Å². The van der Waals surface area contributed by atoms with Crippen LogP contribution in [-0.4, -0.2) is 6.54 Å². The highest BCUT2D eigenvalue weighted by atomic mass is 79.9. The summed E-state index contributed by atoms with van der Waals surface area (Å²) in [5.41, 5.74) is 3.52. The SMILES string of the molecule is CCNC(c1ccc(Cl)c(Cl)c1)c1cccc(C)c1Br. The van der Waals surface area contributed by atoms with Crippen LogP contribution in [-0.2, 0) is 0 Å². The Kier molecular flexibility index (Phi) is 5.50. The Labute approximate surface area is 138 Å². The van der Waals surface area contributed by atoms with Crippen LogP contribution >= 0.6 is 39.1 Å². The molecule has 0 saturated carbocycles. The van der Waals surface area contributed by atoms with Crippen molar-refractivity contribution in [3.63, 3.8) is 0 Å². The summed E-state index contributed by atoms with van der Waals surface area (Å²) in [5, 5.41) is 4.66. The van der Waals surface area contributed by atoms with Crippen LogP contribution < -0.4 is 5.32 Å². The zero-order valence-corrected chi connectivity index (χ0v) is 14.5. The van der Waals surface area contributed by atoms with Crippen LogP contribution in [0.2, 0.25) is 10.0 Å². The molecule has 106 valence electrons. The lowest BCUT2D eigenvalue weighted by molar-refractivity contribution is 0.628. The summed E-state index contributed by atoms with van der Waals surface area (Å²) >= 11 is 15.8. The minimum atomic E-state index is 0.0871. The lowest BCUT2D eigenvalue weighted by atomic mass is 9.97. The third-order valence-corrected chi connectivity index (χ3v) is 5.04. The summed E-state index contributed by atoms with van der Waals surface area (Å²) in [7, 11) is 0. The molecule has 1 atom stereocenters. The van der Waals surface area contributed by atoms with Crippen molar-refractivity contribution in [1.82, 2.24) is 5.32 Å². The number of hydrogen-bond donors (Lipinski definition) is 1. The Morgan fingerprint density at radius 3 is 2.55 bits per heavy atom. The van der Waals surface area contributed by atoms with E-state index in [2.05, 4.69) is 53.3 Å². The fourth-order valence-corrected chi connectivity index (χ4v) is 3.00. The van der Waals surface area contributed by atoms with Crippen molar-refractivity contribution >= 4 is 39.1 Å². The number of benzene rings is 2. The van der Waals surface area contributed by atoms with Gasteiger partial charge in [0, 0.05) is 4.47 Å². The van der Waals surface area contributed by atoms with E-state index in [1.807, 2.05) is 18.2 Å². The van der Waals surface area contributed by atoms with Crippen molar-refractivity contribution in [1.29, 1.82) is 0 Å². The first-order chi connectivity index (χ1) is 9.54. The molecular formula is C16H16BrCl2N. The van der Waals surface area contributed by atoms with Crippen molar-refractivity contribution in [3.8, 4) is 0 Å². The van der Waals surface area contributed by atoms with Crippen molar-refractivity contribution in [2.24, 2.45) is 0 Å². The van der Waals surface area contributed by atoms with Gasteiger partial charge in [-0.1, -0.05) is 70.3 Å². The van der Waals surface area contributed by atoms with Crippen LogP contribution in [0.4, 0.5) is 0 Å². The molecule has 1 unspecified atom stereocenters. The molecule has 0 aromatic heterocycles. The van der Waals surface area contributed by atoms with Gasteiger partial charge < -0.3 is 5.32 Å². The quantitative estimate of drug-likeness (QED) is 0.718. The third kappa shape index (κ3) is 3.37. The van der Waals surface area contributed by atoms with Crippen molar-refractivity contribution in [3.05, 3.63) is 67.6 Å². The van der Waals surface area contributed by atoms with Crippen LogP contribution in [0.5, 0.6) is 0 Å². The lowest BCUT2D eigenvalue weighted by Crippen LogP contribution is -2.22. The maximum atomic E-state index is 6.15. The van der Waals surface area contributed by atoms with E-state index < -0.39 is 0 Å². The number of hydrogen-bond acceptors (Lipinski definition) is 1. The molecule has 0 aliphatic heterocycles. The molecule has 0 aliphatic rings. The molecule has 4 heteroatoms. The summed E-state index contributed by atoms with van der Waals surface area (Å²) in [6.07, 6.45) is 0. The molecule has 1 nitrogen and oxygen atoms in total. The number of nitrogens with one attached hydrogen (secondary N) is 1. The van der Waals surface area contributed by atoms with Gasteiger partial charge in [0.25, 0.3) is 0 Å². The summed E-state index contributed by atoms with van der Waals surface area (Å²) in [5.74, 6) is 0. The van der Waals surface area contributed by atoms with E-state index in [1.165, 1.54) is 11.1 Å². The van der Waals surface area contributed by atoms with Crippen LogP contribution in [0, 0.1) is 6.92 Å². The Morgan fingerprint density at radius 2 is 1.90 bits per heavy atom. The molecule has 0 heterocycles. The Balaban J connectivity index is 2.50. The van der Waals surface area contributed by atoms with Gasteiger partial charge in [-0.3, -0.25) is 0 Å². The molecule has 0 bridgehead atoms. The molecule has 20 heavy (non-hydrogen) atoms.